The van der Waals surface area contributed by atoms with Crippen molar-refractivity contribution in [3.05, 3.63) is 23.8 Å². The maximum Gasteiger partial charge on any atom is 0.416 e. The number of halogens is 3. The van der Waals surface area contributed by atoms with Crippen molar-refractivity contribution in [2.24, 2.45) is 5.92 Å². The molecule has 2 heterocycles. The number of hydrogen-bond donors (Lipinski definition) is 1. The van der Waals surface area contributed by atoms with Crippen molar-refractivity contribution in [3.63, 3.8) is 0 Å². The predicted molar refractivity (Wildman–Crippen MR) is 122 cm³/mol. The van der Waals surface area contributed by atoms with Gasteiger partial charge in [0.25, 0.3) is 0 Å². The summed E-state index contributed by atoms with van der Waals surface area (Å²) in [6, 6.07) is 3.41. The van der Waals surface area contributed by atoms with Gasteiger partial charge >= 0.3 is 12.3 Å². The van der Waals surface area contributed by atoms with E-state index in [1.54, 1.807) is 4.90 Å². The van der Waals surface area contributed by atoms with Crippen LogP contribution in [0.15, 0.2) is 18.2 Å². The number of anilines is 2. The fourth-order valence-electron chi connectivity index (χ4n) is 3.93. The number of hydrogen-bond acceptors (Lipinski definition) is 6. The Labute approximate surface area is 197 Å². The first kappa shape index (κ1) is 26.1. The van der Waals surface area contributed by atoms with Crippen molar-refractivity contribution in [3.8, 4) is 0 Å². The van der Waals surface area contributed by atoms with Crippen LogP contribution in [-0.4, -0.2) is 87.4 Å². The molecule has 0 saturated carbocycles. The zero-order valence-corrected chi connectivity index (χ0v) is 19.7. The van der Waals surface area contributed by atoms with Gasteiger partial charge in [-0.05, 0) is 30.5 Å². The van der Waals surface area contributed by atoms with E-state index in [4.69, 9.17) is 9.47 Å². The van der Waals surface area contributed by atoms with E-state index in [9.17, 15) is 22.8 Å². The number of benzene rings is 1. The Bertz CT molecular complexity index is 844. The molecule has 1 aromatic rings. The van der Waals surface area contributed by atoms with Gasteiger partial charge in [0.2, 0.25) is 5.91 Å². The number of carbonyl (C=O) groups excluding carboxylic acids is 2. The minimum absolute atomic E-state index is 0.0215. The molecule has 1 aromatic carbocycles. The summed E-state index contributed by atoms with van der Waals surface area (Å²) in [6.07, 6.45) is -4.20. The quantitative estimate of drug-likeness (QED) is 0.665. The van der Waals surface area contributed by atoms with Gasteiger partial charge in [-0.1, -0.05) is 13.8 Å². The third-order valence-electron chi connectivity index (χ3n) is 5.70. The number of ether oxygens (including phenoxy) is 2. The van der Waals surface area contributed by atoms with Crippen molar-refractivity contribution in [1.82, 2.24) is 9.80 Å². The lowest BCUT2D eigenvalue weighted by molar-refractivity contribution is -0.137. The predicted octanol–water partition coefficient (Wildman–Crippen LogP) is 3.28. The van der Waals surface area contributed by atoms with E-state index in [1.165, 1.54) is 6.07 Å². The Morgan fingerprint density at radius 2 is 1.82 bits per heavy atom. The molecular weight excluding hydrogens is 453 g/mol. The average molecular weight is 487 g/mol. The van der Waals surface area contributed by atoms with E-state index in [2.05, 4.69) is 5.32 Å². The van der Waals surface area contributed by atoms with Crippen molar-refractivity contribution < 1.29 is 32.2 Å². The molecule has 2 saturated heterocycles. The van der Waals surface area contributed by atoms with E-state index >= 15 is 0 Å². The standard InChI is InChI=1S/C23H33F3N4O4/c1-17(2)16-34-22(32)30-7-3-6-28(8-9-30)15-21(31)27-19-14-18(23(24,25)26)4-5-20(19)29-10-12-33-13-11-29/h4-5,14,17H,3,6-13,15-16H2,1-2H3,(H,27,31). The normalized spacial score (nSPS) is 18.1. The Morgan fingerprint density at radius 3 is 2.50 bits per heavy atom. The molecule has 0 spiro atoms. The van der Waals surface area contributed by atoms with Gasteiger partial charge in [-0.15, -0.1) is 0 Å². The van der Waals surface area contributed by atoms with Gasteiger partial charge < -0.3 is 24.6 Å². The Kier molecular flexibility index (Phi) is 9.01. The van der Waals surface area contributed by atoms with Gasteiger partial charge in [0.15, 0.2) is 0 Å². The van der Waals surface area contributed by atoms with Crippen molar-refractivity contribution in [1.29, 1.82) is 0 Å². The van der Waals surface area contributed by atoms with E-state index in [1.807, 2.05) is 23.6 Å². The van der Waals surface area contributed by atoms with Gasteiger partial charge in [-0.2, -0.15) is 13.2 Å². The molecule has 190 valence electrons. The average Bonchev–Trinajstić information content (AvgIpc) is 3.03. The summed E-state index contributed by atoms with van der Waals surface area (Å²) in [5.74, 6) is -0.154. The van der Waals surface area contributed by atoms with Crippen LogP contribution in [0.5, 0.6) is 0 Å². The first-order valence-corrected chi connectivity index (χ1v) is 11.6. The van der Waals surface area contributed by atoms with Crippen LogP contribution < -0.4 is 10.2 Å². The number of carbonyl (C=O) groups is 2. The molecule has 2 aliphatic rings. The third kappa shape index (κ3) is 7.49. The highest BCUT2D eigenvalue weighted by molar-refractivity contribution is 5.95. The number of rotatable bonds is 6. The van der Waals surface area contributed by atoms with Crippen LogP contribution in [0.3, 0.4) is 0 Å². The number of amides is 2. The number of alkyl halides is 3. The molecule has 2 amide bonds. The SMILES string of the molecule is CC(C)COC(=O)N1CCCN(CC(=O)Nc2cc(C(F)(F)F)ccc2N2CCOCC2)CC1. The molecule has 0 radical (unpaired) electrons. The smallest absolute Gasteiger partial charge is 0.416 e. The Balaban J connectivity index is 1.62. The lowest BCUT2D eigenvalue weighted by Gasteiger charge is -2.31. The molecule has 0 aliphatic carbocycles. The molecule has 34 heavy (non-hydrogen) atoms. The van der Waals surface area contributed by atoms with Crippen LogP contribution in [0.4, 0.5) is 29.3 Å². The zero-order valence-electron chi connectivity index (χ0n) is 19.7. The lowest BCUT2D eigenvalue weighted by atomic mass is 10.1. The number of morpholine rings is 1. The van der Waals surface area contributed by atoms with E-state index < -0.39 is 17.6 Å². The highest BCUT2D eigenvalue weighted by atomic mass is 19.4. The molecule has 8 nitrogen and oxygen atoms in total. The number of nitrogens with one attached hydrogen (secondary N) is 1. The van der Waals surface area contributed by atoms with E-state index in [0.29, 0.717) is 71.2 Å². The molecule has 11 heteroatoms. The van der Waals surface area contributed by atoms with Crippen LogP contribution in [-0.2, 0) is 20.4 Å². The van der Waals surface area contributed by atoms with Crippen molar-refractivity contribution >= 4 is 23.4 Å². The van der Waals surface area contributed by atoms with Gasteiger partial charge in [-0.3, -0.25) is 9.69 Å². The second kappa shape index (κ2) is 11.7. The van der Waals surface area contributed by atoms with Gasteiger partial charge in [0.1, 0.15) is 0 Å². The van der Waals surface area contributed by atoms with Crippen molar-refractivity contribution in [2.75, 3.05) is 75.9 Å². The summed E-state index contributed by atoms with van der Waals surface area (Å²) < 4.78 is 50.5. The summed E-state index contributed by atoms with van der Waals surface area (Å²) in [6.45, 7) is 8.33. The van der Waals surface area contributed by atoms with Crippen LogP contribution in [0.2, 0.25) is 0 Å². The summed E-state index contributed by atoms with van der Waals surface area (Å²) >= 11 is 0. The maximum atomic E-state index is 13.3. The summed E-state index contributed by atoms with van der Waals surface area (Å²) in [7, 11) is 0. The molecular formula is C23H33F3N4O4. The zero-order chi connectivity index (χ0) is 24.7. The highest BCUT2D eigenvalue weighted by Gasteiger charge is 2.32. The molecule has 0 atom stereocenters. The van der Waals surface area contributed by atoms with Crippen LogP contribution in [0, 0.1) is 5.92 Å². The fourth-order valence-corrected chi connectivity index (χ4v) is 3.93. The fraction of sp³-hybridized carbons (Fsp3) is 0.652. The molecule has 2 aliphatic heterocycles. The molecule has 2 fully saturated rings. The first-order chi connectivity index (χ1) is 16.1. The maximum absolute atomic E-state index is 13.3. The van der Waals surface area contributed by atoms with Crippen LogP contribution in [0.25, 0.3) is 0 Å². The van der Waals surface area contributed by atoms with Gasteiger partial charge in [0.05, 0.1) is 43.3 Å². The molecule has 0 bridgehead atoms. The number of nitrogens with zero attached hydrogens (tertiary/aromatic N) is 3. The monoisotopic (exact) mass is 486 g/mol. The van der Waals surface area contributed by atoms with Crippen LogP contribution >= 0.6 is 0 Å². The van der Waals surface area contributed by atoms with E-state index in [-0.39, 0.29) is 24.2 Å². The first-order valence-electron chi connectivity index (χ1n) is 11.6. The van der Waals surface area contributed by atoms with Gasteiger partial charge in [-0.25, -0.2) is 4.79 Å². The topological polar surface area (TPSA) is 74.4 Å². The highest BCUT2D eigenvalue weighted by Crippen LogP contribution is 2.35. The lowest BCUT2D eigenvalue weighted by Crippen LogP contribution is -2.39. The minimum atomic E-state index is -4.51. The summed E-state index contributed by atoms with van der Waals surface area (Å²) in [4.78, 5) is 30.5. The van der Waals surface area contributed by atoms with Crippen LogP contribution in [0.1, 0.15) is 25.8 Å². The van der Waals surface area contributed by atoms with Gasteiger partial charge in [0, 0.05) is 39.3 Å². The minimum Gasteiger partial charge on any atom is -0.449 e. The molecule has 3 rings (SSSR count). The molecule has 0 unspecified atom stereocenters. The largest absolute Gasteiger partial charge is 0.449 e. The summed E-state index contributed by atoms with van der Waals surface area (Å²) in [5, 5.41) is 2.69. The Morgan fingerprint density at radius 1 is 1.09 bits per heavy atom. The second-order valence-corrected chi connectivity index (χ2v) is 8.96. The third-order valence-corrected chi connectivity index (χ3v) is 5.70. The summed E-state index contributed by atoms with van der Waals surface area (Å²) in [5.41, 5.74) is -0.139. The second-order valence-electron chi connectivity index (χ2n) is 8.96. The van der Waals surface area contributed by atoms with E-state index in [0.717, 1.165) is 12.1 Å². The van der Waals surface area contributed by atoms with Crippen molar-refractivity contribution in [2.45, 2.75) is 26.4 Å². The Hall–Kier alpha value is -2.53. The molecule has 1 N–H and O–H groups in total. The molecule has 0 aromatic heterocycles.